The van der Waals surface area contributed by atoms with Gasteiger partial charge < -0.3 is 14.2 Å². The average molecular weight is 694 g/mol. The molecule has 0 saturated carbocycles. The van der Waals surface area contributed by atoms with Crippen LogP contribution < -0.4 is 24.4 Å². The number of hydrogen-bond acceptors (Lipinski definition) is 7. The van der Waals surface area contributed by atoms with Crippen molar-refractivity contribution in [3.8, 4) is 11.5 Å². The molecular weight excluding hydrogens is 659 g/mol. The minimum atomic E-state index is -0.691. The van der Waals surface area contributed by atoms with Crippen LogP contribution in [-0.4, -0.2) is 23.8 Å². The minimum absolute atomic E-state index is 0.0175. The summed E-state index contributed by atoms with van der Waals surface area (Å²) < 4.78 is 34.1. The normalized spacial score (nSPS) is 14.8. The van der Waals surface area contributed by atoms with E-state index >= 15 is 0 Å². The van der Waals surface area contributed by atoms with Gasteiger partial charge in [-0.3, -0.25) is 9.36 Å². The summed E-state index contributed by atoms with van der Waals surface area (Å²) in [6, 6.07) is 17.3. The van der Waals surface area contributed by atoms with Gasteiger partial charge in [0, 0.05) is 5.56 Å². The van der Waals surface area contributed by atoms with E-state index < -0.39 is 12.0 Å². The molecule has 1 aliphatic rings. The molecule has 0 saturated heterocycles. The van der Waals surface area contributed by atoms with Gasteiger partial charge in [-0.1, -0.05) is 67.6 Å². The molecule has 0 aliphatic carbocycles. The fourth-order valence-electron chi connectivity index (χ4n) is 5.16. The van der Waals surface area contributed by atoms with E-state index in [1.165, 1.54) is 17.4 Å². The highest BCUT2D eigenvalue weighted by molar-refractivity contribution is 9.10. The fourth-order valence-corrected chi connectivity index (χ4v) is 6.78. The number of rotatable bonds is 10. The summed E-state index contributed by atoms with van der Waals surface area (Å²) in [4.78, 5) is 32.4. The van der Waals surface area contributed by atoms with Crippen molar-refractivity contribution >= 4 is 39.3 Å². The van der Waals surface area contributed by atoms with Gasteiger partial charge in [0.25, 0.3) is 5.56 Å². The third-order valence-electron chi connectivity index (χ3n) is 7.40. The summed E-state index contributed by atoms with van der Waals surface area (Å²) >= 11 is 4.82. The maximum atomic E-state index is 14.2. The van der Waals surface area contributed by atoms with Crippen molar-refractivity contribution in [1.82, 2.24) is 4.57 Å². The molecule has 234 valence electrons. The van der Waals surface area contributed by atoms with Crippen LogP contribution in [-0.2, 0) is 16.1 Å². The molecule has 1 aromatic heterocycles. The van der Waals surface area contributed by atoms with Crippen molar-refractivity contribution in [2.75, 3.05) is 13.2 Å². The highest BCUT2D eigenvalue weighted by Crippen LogP contribution is 2.38. The molecule has 10 heteroatoms. The topological polar surface area (TPSA) is 79.1 Å². The summed E-state index contributed by atoms with van der Waals surface area (Å²) in [5.74, 6) is 0.362. The molecule has 0 spiro atoms. The molecule has 0 unspecified atom stereocenters. The number of benzene rings is 3. The number of aromatic nitrogens is 1. The first-order chi connectivity index (χ1) is 21.6. The fraction of sp³-hybridized carbons (Fsp3) is 0.286. The number of nitrogens with zero attached hydrogens (tertiary/aromatic N) is 2. The molecule has 4 aromatic rings. The second-order valence-corrected chi connectivity index (χ2v) is 12.6. The Hall–Kier alpha value is -4.02. The van der Waals surface area contributed by atoms with Crippen LogP contribution in [0.1, 0.15) is 68.8 Å². The van der Waals surface area contributed by atoms with Crippen molar-refractivity contribution in [2.45, 2.75) is 53.2 Å². The molecule has 0 fully saturated rings. The van der Waals surface area contributed by atoms with Gasteiger partial charge >= 0.3 is 5.97 Å². The lowest BCUT2D eigenvalue weighted by Gasteiger charge is -2.25. The maximum absolute atomic E-state index is 14.2. The Kier molecular flexibility index (Phi) is 10.0. The van der Waals surface area contributed by atoms with Crippen LogP contribution in [0.2, 0.25) is 0 Å². The van der Waals surface area contributed by atoms with Gasteiger partial charge in [-0.05, 0) is 83.6 Å². The number of halogens is 2. The number of allylic oxidation sites excluding steroid dienone is 1. The predicted molar refractivity (Wildman–Crippen MR) is 177 cm³/mol. The van der Waals surface area contributed by atoms with E-state index in [-0.39, 0.29) is 24.6 Å². The zero-order valence-electron chi connectivity index (χ0n) is 25.7. The molecular formula is C35H34BrFN2O5S. The zero-order valence-corrected chi connectivity index (χ0v) is 28.1. The average Bonchev–Trinajstić information content (AvgIpc) is 3.30. The predicted octanol–water partition coefficient (Wildman–Crippen LogP) is 6.80. The number of ether oxygens (including phenoxy) is 3. The molecule has 3 aromatic carbocycles. The van der Waals surface area contributed by atoms with Gasteiger partial charge in [0.05, 0.1) is 39.5 Å². The Balaban J connectivity index is 1.59. The molecule has 2 heterocycles. The van der Waals surface area contributed by atoms with E-state index in [0.29, 0.717) is 60.2 Å². The first-order valence-corrected chi connectivity index (χ1v) is 16.4. The van der Waals surface area contributed by atoms with Crippen LogP contribution in [0.3, 0.4) is 0 Å². The number of thiazole rings is 1. The molecule has 0 radical (unpaired) electrons. The Labute approximate surface area is 273 Å². The first-order valence-electron chi connectivity index (χ1n) is 14.7. The van der Waals surface area contributed by atoms with E-state index in [1.807, 2.05) is 37.3 Å². The molecule has 1 atom stereocenters. The number of hydrogen-bond donors (Lipinski definition) is 0. The van der Waals surface area contributed by atoms with E-state index in [1.54, 1.807) is 48.8 Å². The molecule has 7 nitrogen and oxygen atoms in total. The molecule has 0 amide bonds. The smallest absolute Gasteiger partial charge is 0.338 e. The van der Waals surface area contributed by atoms with Crippen molar-refractivity contribution in [3.05, 3.63) is 124 Å². The van der Waals surface area contributed by atoms with Crippen LogP contribution in [0.4, 0.5) is 4.39 Å². The van der Waals surface area contributed by atoms with Crippen LogP contribution in [0, 0.1) is 5.82 Å². The second-order valence-electron chi connectivity index (χ2n) is 10.8. The summed E-state index contributed by atoms with van der Waals surface area (Å²) in [5, 5.41) is 0. The van der Waals surface area contributed by atoms with Crippen molar-refractivity contribution in [1.29, 1.82) is 0 Å². The monoisotopic (exact) mass is 692 g/mol. The number of esters is 1. The Morgan fingerprint density at radius 1 is 1.09 bits per heavy atom. The quantitative estimate of drug-likeness (QED) is 0.171. The van der Waals surface area contributed by atoms with Crippen LogP contribution >= 0.6 is 27.3 Å². The lowest BCUT2D eigenvalue weighted by Crippen LogP contribution is -2.39. The number of fused-ring (bicyclic) bond motifs is 1. The highest BCUT2D eigenvalue weighted by atomic mass is 79.9. The molecule has 5 rings (SSSR count). The van der Waals surface area contributed by atoms with Gasteiger partial charge in [0.2, 0.25) is 0 Å². The largest absolute Gasteiger partial charge is 0.490 e. The number of carbonyl (C=O) groups is 1. The Bertz CT molecular complexity index is 1950. The standard InChI is InChI=1S/C35H34BrFN2O5S/c1-6-42-28-17-22(16-26(36)32(28)44-19-25-10-8-9-11-27(25)37)18-29-33(40)39-31(24-14-12-23(13-15-24)20(3)4)30(34(41)43-7-2)21(5)38-35(39)45-29/h8-18,20,31H,6-7,19H2,1-5H3/b29-18+/t31-/m0/s1. The molecule has 45 heavy (non-hydrogen) atoms. The summed E-state index contributed by atoms with van der Waals surface area (Å²) in [6.07, 6.45) is 1.76. The number of carbonyl (C=O) groups excluding carboxylic acids is 1. The lowest BCUT2D eigenvalue weighted by atomic mass is 9.93. The summed E-state index contributed by atoms with van der Waals surface area (Å²) in [6.45, 7) is 10.2. The van der Waals surface area contributed by atoms with Crippen LogP contribution in [0.15, 0.2) is 86.2 Å². The van der Waals surface area contributed by atoms with Crippen LogP contribution in [0.25, 0.3) is 6.08 Å². The minimum Gasteiger partial charge on any atom is -0.490 e. The van der Waals surface area contributed by atoms with Gasteiger partial charge in [-0.25, -0.2) is 14.2 Å². The van der Waals surface area contributed by atoms with Gasteiger partial charge in [0.1, 0.15) is 12.4 Å². The third kappa shape index (κ3) is 6.82. The summed E-state index contributed by atoms with van der Waals surface area (Å²) in [7, 11) is 0. The summed E-state index contributed by atoms with van der Waals surface area (Å²) in [5.41, 5.74) is 3.63. The highest BCUT2D eigenvalue weighted by Gasteiger charge is 2.33. The van der Waals surface area contributed by atoms with E-state index in [4.69, 9.17) is 14.2 Å². The van der Waals surface area contributed by atoms with E-state index in [0.717, 1.165) is 11.1 Å². The van der Waals surface area contributed by atoms with Crippen molar-refractivity contribution in [2.24, 2.45) is 4.99 Å². The Morgan fingerprint density at radius 2 is 1.82 bits per heavy atom. The molecule has 0 N–H and O–H groups in total. The van der Waals surface area contributed by atoms with Gasteiger partial charge in [0.15, 0.2) is 16.3 Å². The molecule has 0 bridgehead atoms. The van der Waals surface area contributed by atoms with E-state index in [9.17, 15) is 14.0 Å². The van der Waals surface area contributed by atoms with Crippen LogP contribution in [0.5, 0.6) is 11.5 Å². The second kappa shape index (κ2) is 14.0. The van der Waals surface area contributed by atoms with Crippen molar-refractivity contribution in [3.63, 3.8) is 0 Å². The molecule has 1 aliphatic heterocycles. The lowest BCUT2D eigenvalue weighted by molar-refractivity contribution is -0.139. The Morgan fingerprint density at radius 3 is 2.49 bits per heavy atom. The van der Waals surface area contributed by atoms with Gasteiger partial charge in [-0.2, -0.15) is 0 Å². The van der Waals surface area contributed by atoms with Gasteiger partial charge in [-0.15, -0.1) is 0 Å². The van der Waals surface area contributed by atoms with E-state index in [2.05, 4.69) is 34.8 Å². The van der Waals surface area contributed by atoms with Crippen molar-refractivity contribution < 1.29 is 23.4 Å². The zero-order chi connectivity index (χ0) is 32.2. The third-order valence-corrected chi connectivity index (χ3v) is 8.97. The first kappa shape index (κ1) is 32.4. The SMILES string of the molecule is CCOC(=O)C1=C(C)N=c2s/c(=C/c3cc(Br)c(OCc4ccccc4F)c(OCC)c3)c(=O)n2[C@H]1c1ccc(C(C)C)cc1. The maximum Gasteiger partial charge on any atom is 0.338 e.